The standard InChI is InChI=1S/C12H14N2OS/c15-11-9-5-8-6-12(1-2-12)7-10(8)13(9)3-4-14(11)16/h5,16H,1-4,6-7H2. The lowest BCUT2D eigenvalue weighted by Crippen LogP contribution is -2.34. The maximum atomic E-state index is 11.9. The van der Waals surface area contributed by atoms with E-state index in [2.05, 4.69) is 23.4 Å². The molecule has 4 heteroatoms. The zero-order valence-electron chi connectivity index (χ0n) is 9.07. The third-order valence-corrected chi connectivity index (χ3v) is 4.73. The Hall–Kier alpha value is -0.900. The normalized spacial score (nSPS) is 24.8. The first kappa shape index (κ1) is 9.16. The highest BCUT2D eigenvalue weighted by atomic mass is 32.1. The molecule has 0 unspecified atom stereocenters. The van der Waals surface area contributed by atoms with E-state index in [4.69, 9.17) is 0 Å². The van der Waals surface area contributed by atoms with Gasteiger partial charge in [0, 0.05) is 12.2 Å². The van der Waals surface area contributed by atoms with E-state index in [1.54, 1.807) is 0 Å². The van der Waals surface area contributed by atoms with Crippen LogP contribution in [0.5, 0.6) is 0 Å². The van der Waals surface area contributed by atoms with Crippen molar-refractivity contribution in [2.45, 2.75) is 32.2 Å². The summed E-state index contributed by atoms with van der Waals surface area (Å²) in [5.74, 6) is 0.0637. The van der Waals surface area contributed by atoms with Gasteiger partial charge in [0.2, 0.25) is 0 Å². The van der Waals surface area contributed by atoms with Crippen molar-refractivity contribution in [2.24, 2.45) is 5.41 Å². The number of fused-ring (bicyclic) bond motifs is 3. The molecule has 1 aromatic heterocycles. The number of carbonyl (C=O) groups is 1. The minimum atomic E-state index is 0.0637. The Balaban J connectivity index is 1.82. The Labute approximate surface area is 100.0 Å². The number of hydrogen-bond acceptors (Lipinski definition) is 2. The Bertz CT molecular complexity index is 501. The average Bonchev–Trinajstić information content (AvgIpc) is 2.77. The molecule has 2 heterocycles. The maximum absolute atomic E-state index is 11.9. The lowest BCUT2D eigenvalue weighted by molar-refractivity contribution is 0.0837. The zero-order valence-corrected chi connectivity index (χ0v) is 9.96. The van der Waals surface area contributed by atoms with Gasteiger partial charge in [-0.15, -0.1) is 0 Å². The van der Waals surface area contributed by atoms with Gasteiger partial charge in [-0.3, -0.25) is 9.10 Å². The summed E-state index contributed by atoms with van der Waals surface area (Å²) < 4.78 is 3.76. The summed E-state index contributed by atoms with van der Waals surface area (Å²) in [5, 5.41) is 0. The van der Waals surface area contributed by atoms with E-state index in [0.29, 0.717) is 5.41 Å². The number of rotatable bonds is 0. The second-order valence-corrected chi connectivity index (χ2v) is 5.92. The Morgan fingerprint density at radius 2 is 2.06 bits per heavy atom. The average molecular weight is 234 g/mol. The smallest absolute Gasteiger partial charge is 0.280 e. The van der Waals surface area contributed by atoms with Gasteiger partial charge in [-0.1, -0.05) is 12.8 Å². The van der Waals surface area contributed by atoms with Gasteiger partial charge in [0.25, 0.3) is 5.91 Å². The lowest BCUT2D eigenvalue weighted by Gasteiger charge is -2.24. The third-order valence-electron chi connectivity index (χ3n) is 4.35. The molecule has 2 aliphatic carbocycles. The van der Waals surface area contributed by atoms with Crippen molar-refractivity contribution in [3.63, 3.8) is 0 Å². The quantitative estimate of drug-likeness (QED) is 0.679. The van der Waals surface area contributed by atoms with Crippen LogP contribution in [-0.4, -0.2) is 21.3 Å². The summed E-state index contributed by atoms with van der Waals surface area (Å²) in [4.78, 5) is 11.9. The Kier molecular flexibility index (Phi) is 1.53. The van der Waals surface area contributed by atoms with E-state index in [9.17, 15) is 4.79 Å². The molecule has 0 saturated heterocycles. The van der Waals surface area contributed by atoms with Gasteiger partial charge in [-0.25, -0.2) is 0 Å². The third kappa shape index (κ3) is 1.03. The van der Waals surface area contributed by atoms with Crippen LogP contribution in [0.15, 0.2) is 6.07 Å². The number of amides is 1. The molecule has 1 amide bonds. The maximum Gasteiger partial charge on any atom is 0.280 e. The van der Waals surface area contributed by atoms with Crippen LogP contribution in [0.1, 0.15) is 34.6 Å². The fourth-order valence-corrected chi connectivity index (χ4v) is 3.41. The van der Waals surface area contributed by atoms with Crippen LogP contribution in [0, 0.1) is 5.41 Å². The first-order valence-corrected chi connectivity index (χ1v) is 6.31. The number of carbonyl (C=O) groups excluding carboxylic acids is 1. The van der Waals surface area contributed by atoms with Gasteiger partial charge >= 0.3 is 0 Å². The van der Waals surface area contributed by atoms with Crippen LogP contribution in [0.2, 0.25) is 0 Å². The van der Waals surface area contributed by atoms with Gasteiger partial charge in [-0.2, -0.15) is 0 Å². The van der Waals surface area contributed by atoms with Crippen LogP contribution in [-0.2, 0) is 19.4 Å². The molecule has 4 rings (SSSR count). The highest BCUT2D eigenvalue weighted by molar-refractivity contribution is 7.78. The van der Waals surface area contributed by atoms with E-state index in [0.717, 1.165) is 18.8 Å². The molecule has 1 saturated carbocycles. The van der Waals surface area contributed by atoms with Crippen LogP contribution >= 0.6 is 12.8 Å². The predicted molar refractivity (Wildman–Crippen MR) is 63.5 cm³/mol. The van der Waals surface area contributed by atoms with Gasteiger partial charge in [0.15, 0.2) is 0 Å². The fourth-order valence-electron chi connectivity index (χ4n) is 3.22. The Morgan fingerprint density at radius 3 is 2.81 bits per heavy atom. The lowest BCUT2D eigenvalue weighted by atomic mass is 10.0. The number of hydrogen-bond donors (Lipinski definition) is 1. The molecular formula is C12H14N2OS. The molecule has 3 nitrogen and oxygen atoms in total. The predicted octanol–water partition coefficient (Wildman–Crippen LogP) is 1.67. The van der Waals surface area contributed by atoms with E-state index >= 15 is 0 Å². The first-order chi connectivity index (χ1) is 7.69. The molecule has 0 bridgehead atoms. The first-order valence-electron chi connectivity index (χ1n) is 5.91. The van der Waals surface area contributed by atoms with E-state index in [-0.39, 0.29) is 5.91 Å². The molecule has 84 valence electrons. The van der Waals surface area contributed by atoms with E-state index < -0.39 is 0 Å². The molecule has 3 aliphatic rings. The van der Waals surface area contributed by atoms with Gasteiger partial charge in [-0.05, 0) is 42.7 Å². The molecule has 1 spiro atoms. The summed E-state index contributed by atoms with van der Waals surface area (Å²) >= 11 is 4.19. The summed E-state index contributed by atoms with van der Waals surface area (Å²) in [5.41, 5.74) is 4.31. The van der Waals surface area contributed by atoms with Crippen LogP contribution in [0.3, 0.4) is 0 Å². The van der Waals surface area contributed by atoms with Crippen molar-refractivity contribution >= 4 is 18.7 Å². The molecule has 0 aromatic carbocycles. The van der Waals surface area contributed by atoms with Gasteiger partial charge in [0.1, 0.15) is 5.69 Å². The minimum Gasteiger partial charge on any atom is -0.339 e. The van der Waals surface area contributed by atoms with Crippen molar-refractivity contribution in [1.82, 2.24) is 8.87 Å². The highest BCUT2D eigenvalue weighted by Gasteiger charge is 2.49. The number of nitrogens with zero attached hydrogens (tertiary/aromatic N) is 2. The fraction of sp³-hybridized carbons (Fsp3) is 0.583. The largest absolute Gasteiger partial charge is 0.339 e. The van der Waals surface area contributed by atoms with E-state index in [1.165, 1.54) is 41.2 Å². The molecule has 0 atom stereocenters. The molecule has 1 fully saturated rings. The number of thiol groups is 1. The van der Waals surface area contributed by atoms with Crippen molar-refractivity contribution in [3.8, 4) is 0 Å². The van der Waals surface area contributed by atoms with Crippen molar-refractivity contribution in [2.75, 3.05) is 6.54 Å². The monoisotopic (exact) mass is 234 g/mol. The van der Waals surface area contributed by atoms with Crippen LogP contribution < -0.4 is 0 Å². The molecule has 16 heavy (non-hydrogen) atoms. The summed E-state index contributed by atoms with van der Waals surface area (Å²) in [6, 6.07) is 2.10. The second-order valence-electron chi connectivity index (χ2n) is 5.43. The molecule has 0 radical (unpaired) electrons. The summed E-state index contributed by atoms with van der Waals surface area (Å²) in [6.45, 7) is 1.64. The molecular weight excluding hydrogens is 220 g/mol. The zero-order chi connectivity index (χ0) is 10.9. The number of aromatic nitrogens is 1. The highest BCUT2D eigenvalue weighted by Crippen LogP contribution is 2.56. The van der Waals surface area contributed by atoms with Crippen molar-refractivity contribution in [1.29, 1.82) is 0 Å². The van der Waals surface area contributed by atoms with Crippen LogP contribution in [0.4, 0.5) is 0 Å². The topological polar surface area (TPSA) is 25.2 Å². The van der Waals surface area contributed by atoms with Crippen molar-refractivity contribution in [3.05, 3.63) is 23.0 Å². The second kappa shape index (κ2) is 2.67. The Morgan fingerprint density at radius 1 is 1.25 bits per heavy atom. The summed E-state index contributed by atoms with van der Waals surface area (Å²) in [6.07, 6.45) is 5.15. The molecule has 1 aromatic rings. The molecule has 1 aliphatic heterocycles. The van der Waals surface area contributed by atoms with Crippen molar-refractivity contribution < 1.29 is 4.79 Å². The van der Waals surface area contributed by atoms with Crippen LogP contribution in [0.25, 0.3) is 0 Å². The van der Waals surface area contributed by atoms with Gasteiger partial charge < -0.3 is 4.57 Å². The molecule has 0 N–H and O–H groups in total. The van der Waals surface area contributed by atoms with E-state index in [1.807, 2.05) is 0 Å². The van der Waals surface area contributed by atoms with Gasteiger partial charge in [0.05, 0.1) is 6.54 Å². The minimum absolute atomic E-state index is 0.0637. The summed E-state index contributed by atoms with van der Waals surface area (Å²) in [7, 11) is 0. The SMILES string of the molecule is O=C1c2cc3c(n2CCN1S)CC1(CC1)C3.